The minimum atomic E-state index is 0.0238. The number of hydrogen-bond donors (Lipinski definition) is 0. The number of halogens is 2. The summed E-state index contributed by atoms with van der Waals surface area (Å²) in [5, 5.41) is 0.204. The number of furan rings is 1. The van der Waals surface area contributed by atoms with Gasteiger partial charge >= 0.3 is 0 Å². The van der Waals surface area contributed by atoms with E-state index in [0.29, 0.717) is 22.5 Å². The van der Waals surface area contributed by atoms with Crippen molar-refractivity contribution in [2.75, 3.05) is 0 Å². The van der Waals surface area contributed by atoms with Crippen LogP contribution in [0.3, 0.4) is 0 Å². The number of rotatable bonds is 1. The molecule has 2 atom stereocenters. The van der Waals surface area contributed by atoms with Crippen molar-refractivity contribution >= 4 is 33.4 Å². The van der Waals surface area contributed by atoms with Gasteiger partial charge in [-0.1, -0.05) is 15.9 Å². The number of carbonyl (C=O) groups excluding carboxylic acids is 1. The topological polar surface area (TPSA) is 33.5 Å². The number of piperidine rings is 1. The van der Waals surface area contributed by atoms with Gasteiger partial charge in [-0.2, -0.15) is 0 Å². The number of hydrogen-bond acceptors (Lipinski definition) is 2. The minimum Gasteiger partial charge on any atom is -0.452 e. The minimum absolute atomic E-state index is 0.0238. The van der Waals surface area contributed by atoms with Gasteiger partial charge in [0.1, 0.15) is 0 Å². The van der Waals surface area contributed by atoms with Gasteiger partial charge in [0.05, 0.1) is 11.8 Å². The molecule has 5 heteroatoms. The Morgan fingerprint density at radius 3 is 2.59 bits per heavy atom. The van der Waals surface area contributed by atoms with Gasteiger partial charge in [-0.25, -0.2) is 0 Å². The fraction of sp³-hybridized carbons (Fsp3) is 0.583. The van der Waals surface area contributed by atoms with Crippen LogP contribution in [-0.2, 0) is 0 Å². The Kier molecular flexibility index (Phi) is 2.95. The van der Waals surface area contributed by atoms with Crippen LogP contribution < -0.4 is 0 Å². The molecule has 2 saturated heterocycles. The first kappa shape index (κ1) is 11.6. The van der Waals surface area contributed by atoms with Crippen molar-refractivity contribution in [2.45, 2.75) is 42.6 Å². The smallest absolute Gasteiger partial charge is 0.259 e. The first-order valence-corrected chi connectivity index (χ1v) is 7.16. The predicted molar refractivity (Wildman–Crippen MR) is 68.6 cm³/mol. The largest absolute Gasteiger partial charge is 0.452 e. The summed E-state index contributed by atoms with van der Waals surface area (Å²) in [5.74, 6) is 0.0238. The monoisotopic (exact) mass is 317 g/mol. The third-order valence-corrected chi connectivity index (χ3v) is 4.80. The van der Waals surface area contributed by atoms with E-state index in [1.165, 1.54) is 6.26 Å². The van der Waals surface area contributed by atoms with Crippen molar-refractivity contribution in [1.29, 1.82) is 0 Å². The van der Waals surface area contributed by atoms with Crippen LogP contribution in [-0.4, -0.2) is 27.7 Å². The maximum absolute atomic E-state index is 12.4. The van der Waals surface area contributed by atoms with Crippen LogP contribution in [0, 0.1) is 0 Å². The van der Waals surface area contributed by atoms with Crippen LogP contribution in [0.4, 0.5) is 0 Å². The van der Waals surface area contributed by atoms with Gasteiger partial charge in [0.15, 0.2) is 0 Å². The summed E-state index contributed by atoms with van der Waals surface area (Å²) in [6.07, 6.45) is 5.76. The standard InChI is InChI=1S/C12H13BrClNO2/c13-7-5-8-1-2-9(6-7)15(8)12(16)10-3-4-17-11(10)14/h3-4,7-9H,1-2,5-6H2. The molecule has 2 aliphatic rings. The van der Waals surface area contributed by atoms with Crippen LogP contribution >= 0.6 is 27.5 Å². The summed E-state index contributed by atoms with van der Waals surface area (Å²) in [6.45, 7) is 0. The van der Waals surface area contributed by atoms with E-state index in [4.69, 9.17) is 16.0 Å². The Morgan fingerprint density at radius 2 is 2.06 bits per heavy atom. The lowest BCUT2D eigenvalue weighted by molar-refractivity contribution is 0.0603. The predicted octanol–water partition coefficient (Wildman–Crippen LogP) is 3.46. The molecule has 17 heavy (non-hydrogen) atoms. The second-order valence-corrected chi connectivity index (χ2v) is 6.41. The van der Waals surface area contributed by atoms with Crippen molar-refractivity contribution in [1.82, 2.24) is 4.90 Å². The van der Waals surface area contributed by atoms with Crippen LogP contribution in [0.5, 0.6) is 0 Å². The van der Waals surface area contributed by atoms with Crippen LogP contribution in [0.25, 0.3) is 0 Å². The zero-order valence-corrected chi connectivity index (χ0v) is 11.6. The van der Waals surface area contributed by atoms with E-state index in [2.05, 4.69) is 15.9 Å². The maximum Gasteiger partial charge on any atom is 0.259 e. The molecule has 2 unspecified atom stereocenters. The summed E-state index contributed by atoms with van der Waals surface area (Å²) >= 11 is 9.54. The highest BCUT2D eigenvalue weighted by Gasteiger charge is 2.43. The molecule has 2 bridgehead atoms. The zero-order valence-electron chi connectivity index (χ0n) is 9.23. The molecule has 1 aromatic rings. The van der Waals surface area contributed by atoms with Crippen LogP contribution in [0.2, 0.25) is 5.22 Å². The first-order valence-electron chi connectivity index (χ1n) is 5.86. The second-order valence-electron chi connectivity index (χ2n) is 4.77. The van der Waals surface area contributed by atoms with Crippen molar-refractivity contribution in [3.8, 4) is 0 Å². The van der Waals surface area contributed by atoms with Crippen molar-refractivity contribution < 1.29 is 9.21 Å². The van der Waals surface area contributed by atoms with Gasteiger partial charge < -0.3 is 9.32 Å². The Labute approximate surface area is 113 Å². The van der Waals surface area contributed by atoms with Crippen molar-refractivity contribution in [2.24, 2.45) is 0 Å². The Balaban J connectivity index is 1.86. The normalized spacial score (nSPS) is 31.9. The number of alkyl halides is 1. The Hall–Kier alpha value is -0.480. The average Bonchev–Trinajstić information content (AvgIpc) is 2.81. The molecule has 1 amide bonds. The lowest BCUT2D eigenvalue weighted by Gasteiger charge is -2.37. The van der Waals surface area contributed by atoms with E-state index in [1.807, 2.05) is 4.90 Å². The highest BCUT2D eigenvalue weighted by atomic mass is 79.9. The zero-order chi connectivity index (χ0) is 12.0. The molecule has 0 N–H and O–H groups in total. The van der Waals surface area contributed by atoms with Crippen LogP contribution in [0.1, 0.15) is 36.0 Å². The van der Waals surface area contributed by atoms with Gasteiger partial charge in [-0.15, -0.1) is 0 Å². The van der Waals surface area contributed by atoms with E-state index in [9.17, 15) is 4.79 Å². The number of amides is 1. The van der Waals surface area contributed by atoms with E-state index >= 15 is 0 Å². The summed E-state index contributed by atoms with van der Waals surface area (Å²) in [4.78, 5) is 15.0. The van der Waals surface area contributed by atoms with Gasteiger partial charge in [0, 0.05) is 16.9 Å². The van der Waals surface area contributed by atoms with Gasteiger partial charge in [-0.3, -0.25) is 4.79 Å². The molecule has 0 spiro atoms. The van der Waals surface area contributed by atoms with E-state index in [-0.39, 0.29) is 11.1 Å². The van der Waals surface area contributed by atoms with Gasteiger partial charge in [0.2, 0.25) is 5.22 Å². The maximum atomic E-state index is 12.4. The molecule has 3 heterocycles. The summed E-state index contributed by atoms with van der Waals surface area (Å²) in [6, 6.07) is 2.37. The quantitative estimate of drug-likeness (QED) is 0.743. The fourth-order valence-electron chi connectivity index (χ4n) is 3.03. The number of carbonyl (C=O) groups is 1. The first-order chi connectivity index (χ1) is 8.16. The summed E-state index contributed by atoms with van der Waals surface area (Å²) in [7, 11) is 0. The molecular formula is C12H13BrClNO2. The fourth-order valence-corrected chi connectivity index (χ4v) is 4.09. The molecule has 3 rings (SSSR count). The lowest BCUT2D eigenvalue weighted by atomic mass is 10.0. The third kappa shape index (κ3) is 1.91. The summed E-state index contributed by atoms with van der Waals surface area (Å²) < 4.78 is 5.00. The van der Waals surface area contributed by atoms with E-state index in [1.54, 1.807) is 6.07 Å². The molecule has 1 aromatic heterocycles. The molecule has 92 valence electrons. The molecule has 0 saturated carbocycles. The Morgan fingerprint density at radius 1 is 1.41 bits per heavy atom. The lowest BCUT2D eigenvalue weighted by Crippen LogP contribution is -2.46. The SMILES string of the molecule is O=C(c1ccoc1Cl)N1C2CCC1CC(Br)C2. The number of nitrogens with zero attached hydrogens (tertiary/aromatic N) is 1. The summed E-state index contributed by atoms with van der Waals surface area (Å²) in [5.41, 5.74) is 0.497. The molecule has 2 aliphatic heterocycles. The molecule has 0 radical (unpaired) electrons. The van der Waals surface area contributed by atoms with Crippen molar-refractivity contribution in [3.05, 3.63) is 23.1 Å². The van der Waals surface area contributed by atoms with E-state index in [0.717, 1.165) is 25.7 Å². The van der Waals surface area contributed by atoms with Crippen LogP contribution in [0.15, 0.2) is 16.7 Å². The Bertz CT molecular complexity index is 433. The second kappa shape index (κ2) is 4.32. The molecule has 0 aliphatic carbocycles. The molecule has 2 fully saturated rings. The highest BCUT2D eigenvalue weighted by molar-refractivity contribution is 9.09. The average molecular weight is 319 g/mol. The van der Waals surface area contributed by atoms with Crippen molar-refractivity contribution in [3.63, 3.8) is 0 Å². The molecule has 0 aromatic carbocycles. The molecule has 3 nitrogen and oxygen atoms in total. The number of fused-ring (bicyclic) bond motifs is 2. The molecular weight excluding hydrogens is 305 g/mol. The van der Waals surface area contributed by atoms with Gasteiger partial charge in [0.25, 0.3) is 5.91 Å². The highest BCUT2D eigenvalue weighted by Crippen LogP contribution is 2.39. The third-order valence-electron chi connectivity index (χ3n) is 3.76. The van der Waals surface area contributed by atoms with E-state index < -0.39 is 0 Å². The van der Waals surface area contributed by atoms with Gasteiger partial charge in [-0.05, 0) is 43.4 Å².